The third kappa shape index (κ3) is 6.20. The largest absolute Gasteiger partial charge is 0.504 e. The standard InChI is InChI=1S/C43H62O15/c1-38(2)9-11-43(37(55)58-36-32(52)31(51)30(50)27(18-44)57-36)12-10-41(5)21(22(43)15-38)7-8-28-39(3)16-26(48)34(53)40(4,33(39)25(47)17-42(28,41)6)19-56-35(54)20-13-23(45)29(49)24(46)14-20/h7,13-14,22,25-28,30-34,36,44-53H,8-12,15-19H2,1-6H3/t22-,25+,26+,27+,28+,30+,31+,32-,33+,34-,36-,39+,40-,41+,42+,43-/m0/s1. The van der Waals surface area contributed by atoms with Crippen LogP contribution >= 0.6 is 0 Å². The number of hydrogen-bond donors (Lipinski definition) is 10. The van der Waals surface area contributed by atoms with Crippen LogP contribution < -0.4 is 0 Å². The van der Waals surface area contributed by atoms with Crippen LogP contribution in [0.1, 0.15) is 103 Å². The number of rotatable bonds is 6. The fraction of sp³-hybridized carbons (Fsp3) is 0.767. The van der Waals surface area contributed by atoms with Gasteiger partial charge in [-0.1, -0.05) is 53.2 Å². The zero-order valence-corrected chi connectivity index (χ0v) is 34.2. The highest BCUT2D eigenvalue weighted by molar-refractivity contribution is 5.91. The number of ether oxygens (including phenoxy) is 3. The van der Waals surface area contributed by atoms with E-state index in [1.807, 2.05) is 6.92 Å². The molecule has 1 saturated heterocycles. The molecule has 15 nitrogen and oxygen atoms in total. The summed E-state index contributed by atoms with van der Waals surface area (Å²) < 4.78 is 17.2. The number of phenols is 3. The number of aliphatic hydroxyl groups excluding tert-OH is 7. The molecule has 7 rings (SSSR count). The van der Waals surface area contributed by atoms with E-state index in [1.54, 1.807) is 6.92 Å². The maximum Gasteiger partial charge on any atom is 0.338 e. The molecule has 5 aliphatic carbocycles. The molecule has 15 heteroatoms. The maximum absolute atomic E-state index is 14.6. The Morgan fingerprint density at radius 2 is 1.45 bits per heavy atom. The lowest BCUT2D eigenvalue weighted by molar-refractivity contribution is -0.298. The van der Waals surface area contributed by atoms with Gasteiger partial charge in [0.25, 0.3) is 0 Å². The highest BCUT2D eigenvalue weighted by Crippen LogP contribution is 2.76. The topological polar surface area (TPSA) is 264 Å². The molecular formula is C43H62O15. The van der Waals surface area contributed by atoms with E-state index in [0.717, 1.165) is 24.1 Å². The molecule has 1 aliphatic heterocycles. The van der Waals surface area contributed by atoms with Gasteiger partial charge < -0.3 is 65.3 Å². The van der Waals surface area contributed by atoms with Crippen LogP contribution in [0, 0.1) is 50.2 Å². The second-order valence-electron chi connectivity index (χ2n) is 20.3. The average molecular weight is 819 g/mol. The Balaban J connectivity index is 1.21. The number of aliphatic hydroxyl groups is 7. The molecule has 0 radical (unpaired) electrons. The van der Waals surface area contributed by atoms with Crippen molar-refractivity contribution in [2.24, 2.45) is 50.2 Å². The fourth-order valence-electron chi connectivity index (χ4n) is 13.3. The molecule has 0 bridgehead atoms. The van der Waals surface area contributed by atoms with Crippen molar-refractivity contribution in [3.63, 3.8) is 0 Å². The van der Waals surface area contributed by atoms with Gasteiger partial charge in [-0.3, -0.25) is 4.79 Å². The van der Waals surface area contributed by atoms with Crippen LogP contribution in [0.5, 0.6) is 17.2 Å². The zero-order chi connectivity index (χ0) is 42.7. The summed E-state index contributed by atoms with van der Waals surface area (Å²) in [6.07, 6.45) is -5.36. The molecule has 1 aromatic rings. The molecule has 324 valence electrons. The smallest absolute Gasteiger partial charge is 0.338 e. The maximum atomic E-state index is 14.6. The van der Waals surface area contributed by atoms with E-state index in [4.69, 9.17) is 14.2 Å². The van der Waals surface area contributed by atoms with Crippen molar-refractivity contribution in [2.45, 2.75) is 142 Å². The molecule has 6 aliphatic rings. The Hall–Kier alpha value is -3.02. The molecule has 0 unspecified atom stereocenters. The van der Waals surface area contributed by atoms with E-state index in [0.29, 0.717) is 38.5 Å². The Labute approximate surface area is 338 Å². The summed E-state index contributed by atoms with van der Waals surface area (Å²) in [7, 11) is 0. The lowest BCUT2D eigenvalue weighted by Crippen LogP contribution is -2.71. The summed E-state index contributed by atoms with van der Waals surface area (Å²) in [5.41, 5.74) is -3.51. The van der Waals surface area contributed by atoms with E-state index in [9.17, 15) is 60.7 Å². The minimum absolute atomic E-state index is 0.129. The fourth-order valence-corrected chi connectivity index (χ4v) is 13.3. The number of aromatic hydroxyl groups is 3. The van der Waals surface area contributed by atoms with Gasteiger partial charge in [-0.25, -0.2) is 4.79 Å². The lowest BCUT2D eigenvalue weighted by Gasteiger charge is -2.72. The van der Waals surface area contributed by atoms with Crippen molar-refractivity contribution >= 4 is 11.9 Å². The molecule has 10 N–H and O–H groups in total. The Bertz CT molecular complexity index is 1810. The van der Waals surface area contributed by atoms with Crippen LogP contribution in [0.25, 0.3) is 0 Å². The number of fused-ring (bicyclic) bond motifs is 7. The van der Waals surface area contributed by atoms with E-state index in [1.165, 1.54) is 0 Å². The van der Waals surface area contributed by atoms with Crippen molar-refractivity contribution < 1.29 is 74.9 Å². The molecule has 58 heavy (non-hydrogen) atoms. The second kappa shape index (κ2) is 14.3. The number of allylic oxidation sites excluding steroid dienone is 2. The summed E-state index contributed by atoms with van der Waals surface area (Å²) in [6, 6.07) is 1.90. The van der Waals surface area contributed by atoms with Gasteiger partial charge in [0.1, 0.15) is 24.4 Å². The number of carbonyl (C=O) groups is 2. The van der Waals surface area contributed by atoms with Gasteiger partial charge in [0, 0.05) is 11.3 Å². The van der Waals surface area contributed by atoms with Crippen molar-refractivity contribution in [3.05, 3.63) is 29.3 Å². The van der Waals surface area contributed by atoms with E-state index < -0.39 is 124 Å². The number of carbonyl (C=O) groups excluding carboxylic acids is 2. The summed E-state index contributed by atoms with van der Waals surface area (Å²) >= 11 is 0. The van der Waals surface area contributed by atoms with Crippen molar-refractivity contribution in [3.8, 4) is 17.2 Å². The van der Waals surface area contributed by atoms with Crippen molar-refractivity contribution in [1.82, 2.24) is 0 Å². The second-order valence-corrected chi connectivity index (χ2v) is 20.3. The van der Waals surface area contributed by atoms with Crippen LogP contribution in [0.2, 0.25) is 0 Å². The van der Waals surface area contributed by atoms with Crippen LogP contribution in [0.15, 0.2) is 23.8 Å². The van der Waals surface area contributed by atoms with Crippen LogP contribution in [-0.2, 0) is 19.0 Å². The van der Waals surface area contributed by atoms with Gasteiger partial charge in [0.2, 0.25) is 6.29 Å². The first-order valence-electron chi connectivity index (χ1n) is 20.6. The lowest BCUT2D eigenvalue weighted by atomic mass is 9.33. The van der Waals surface area contributed by atoms with Gasteiger partial charge in [-0.2, -0.15) is 0 Å². The highest BCUT2D eigenvalue weighted by Gasteiger charge is 2.73. The van der Waals surface area contributed by atoms with E-state index >= 15 is 0 Å². The first-order chi connectivity index (χ1) is 26.9. The molecule has 1 heterocycles. The molecule has 16 atom stereocenters. The van der Waals surface area contributed by atoms with Crippen LogP contribution in [0.3, 0.4) is 0 Å². The first kappa shape index (κ1) is 43.1. The zero-order valence-electron chi connectivity index (χ0n) is 34.2. The molecule has 0 amide bonds. The summed E-state index contributed by atoms with van der Waals surface area (Å²) in [4.78, 5) is 27.8. The molecule has 5 fully saturated rings. The Morgan fingerprint density at radius 1 is 0.810 bits per heavy atom. The number of phenolic OH excluding ortho intramolecular Hbond substituents is 3. The SMILES string of the molecule is CC1(C)CC[C@]2(C(=O)O[C@@H]3O[C@H](CO)[C@@H](O)[C@@H](O)[C@@H]3O)CC[C@]3(C)C(=CC[C@@H]4[C@@]5(C)C[C@@H](O)[C@H](O)[C@@](C)(COC(=O)c6cc(O)c(O)c(O)c6)[C@@H]5[C@H](O)C[C@]43C)[C@@H]2C1. The summed E-state index contributed by atoms with van der Waals surface area (Å²) in [6.45, 7) is 11.4. The molecule has 4 saturated carbocycles. The molecule has 0 aromatic heterocycles. The van der Waals surface area contributed by atoms with Gasteiger partial charge >= 0.3 is 11.9 Å². The summed E-state index contributed by atoms with van der Waals surface area (Å²) in [5, 5.41) is 107. The molecule has 1 aromatic carbocycles. The number of esters is 2. The minimum Gasteiger partial charge on any atom is -0.504 e. The molecule has 0 spiro atoms. The van der Waals surface area contributed by atoms with Crippen LogP contribution in [0.4, 0.5) is 0 Å². The van der Waals surface area contributed by atoms with Crippen LogP contribution in [-0.4, -0.2) is 125 Å². The first-order valence-corrected chi connectivity index (χ1v) is 20.6. The third-order valence-electron chi connectivity index (χ3n) is 16.6. The van der Waals surface area contributed by atoms with Gasteiger partial charge in [0.15, 0.2) is 17.2 Å². The van der Waals surface area contributed by atoms with Crippen molar-refractivity contribution in [1.29, 1.82) is 0 Å². The predicted molar refractivity (Wildman–Crippen MR) is 204 cm³/mol. The number of benzene rings is 1. The summed E-state index contributed by atoms with van der Waals surface area (Å²) in [5.74, 6) is -4.81. The Kier molecular flexibility index (Phi) is 10.6. The number of hydrogen-bond acceptors (Lipinski definition) is 15. The Morgan fingerprint density at radius 3 is 2.09 bits per heavy atom. The van der Waals surface area contributed by atoms with Gasteiger partial charge in [-0.15, -0.1) is 0 Å². The monoisotopic (exact) mass is 818 g/mol. The van der Waals surface area contributed by atoms with E-state index in [-0.39, 0.29) is 29.2 Å². The highest BCUT2D eigenvalue weighted by atomic mass is 16.7. The minimum atomic E-state index is -1.73. The third-order valence-corrected chi connectivity index (χ3v) is 16.6. The molecular weight excluding hydrogens is 756 g/mol. The van der Waals surface area contributed by atoms with E-state index in [2.05, 4.69) is 33.8 Å². The average Bonchev–Trinajstić information content (AvgIpc) is 3.15. The quantitative estimate of drug-likeness (QED) is 0.112. The van der Waals surface area contributed by atoms with Gasteiger partial charge in [-0.05, 0) is 97.0 Å². The van der Waals surface area contributed by atoms with Gasteiger partial charge in [0.05, 0.1) is 42.5 Å². The van der Waals surface area contributed by atoms with Crippen molar-refractivity contribution in [2.75, 3.05) is 13.2 Å². The predicted octanol–water partition coefficient (Wildman–Crippen LogP) is 2.39. The normalized spacial score (nSPS) is 47.0.